The lowest BCUT2D eigenvalue weighted by Crippen LogP contribution is -2.59. The fraction of sp³-hybridized carbons (Fsp3) is 0.697. The van der Waals surface area contributed by atoms with Gasteiger partial charge in [0.2, 0.25) is 0 Å². The molecule has 0 bridgehead atoms. The van der Waals surface area contributed by atoms with Gasteiger partial charge in [0.25, 0.3) is 5.91 Å². The molecule has 14 heteroatoms. The van der Waals surface area contributed by atoms with Gasteiger partial charge in [0.1, 0.15) is 11.7 Å². The second kappa shape index (κ2) is 15.2. The SMILES string of the molecule is CC(C)(C)OC(=O)N1CCO[C@@H]([C@@H](O[Si](C)(C)C(C)(C)C)C(=O)NCC(=O)CCc2c(Cl)cc3c(cnn3C3CCCCO3)c2Br)C1. The standard InChI is InChI=1S/C33H50BrClN4O7Si/c1-32(2,3)45-31(42)38-14-16-43-26(20-38)29(46-47(7,8)33(4,5)6)30(41)36-18-21(40)12-13-22-24(35)17-25-23(28(22)34)19-37-39(25)27-11-9-10-15-44-27/h17,19,26-27,29H,9-16,18,20H2,1-8H3,(H,36,41)/t26-,27?,29-/m1/s1. The number of ketones is 1. The zero-order chi connectivity index (χ0) is 34.7. The van der Waals surface area contributed by atoms with Crippen LogP contribution < -0.4 is 5.32 Å². The minimum atomic E-state index is -2.46. The minimum absolute atomic E-state index is 0.121. The van der Waals surface area contributed by atoms with Crippen molar-refractivity contribution in [2.24, 2.45) is 0 Å². The number of nitrogens with zero attached hydrogens (tertiary/aromatic N) is 3. The van der Waals surface area contributed by atoms with Gasteiger partial charge in [-0.3, -0.25) is 9.59 Å². The number of rotatable bonds is 10. The molecule has 2 aliphatic heterocycles. The molecule has 0 spiro atoms. The molecule has 4 rings (SSSR count). The van der Waals surface area contributed by atoms with Crippen molar-refractivity contribution in [3.05, 3.63) is 27.3 Å². The van der Waals surface area contributed by atoms with Gasteiger partial charge in [0.05, 0.1) is 31.4 Å². The molecule has 1 unspecified atom stereocenters. The van der Waals surface area contributed by atoms with E-state index in [4.69, 9.17) is 30.2 Å². The highest BCUT2D eigenvalue weighted by molar-refractivity contribution is 9.10. The molecule has 3 heterocycles. The second-order valence-corrected chi connectivity index (χ2v) is 20.8. The molecule has 2 fully saturated rings. The fourth-order valence-corrected chi connectivity index (χ4v) is 7.69. The first kappa shape index (κ1) is 37.8. The second-order valence-electron chi connectivity index (χ2n) is 14.9. The fourth-order valence-electron chi connectivity index (χ4n) is 5.32. The molecular weight excluding hydrogens is 708 g/mol. The van der Waals surface area contributed by atoms with Crippen LogP contribution in [0.4, 0.5) is 4.79 Å². The number of Topliss-reactive ketones (excluding diaryl/α,β-unsaturated/α-hetero) is 1. The maximum absolute atomic E-state index is 13.7. The van der Waals surface area contributed by atoms with Gasteiger partial charge in [0, 0.05) is 34.5 Å². The summed E-state index contributed by atoms with van der Waals surface area (Å²) in [7, 11) is -2.46. The van der Waals surface area contributed by atoms with Crippen molar-refractivity contribution in [1.29, 1.82) is 0 Å². The van der Waals surface area contributed by atoms with Gasteiger partial charge < -0.3 is 28.9 Å². The first-order valence-corrected chi connectivity index (χ1v) is 20.5. The molecule has 2 aliphatic rings. The van der Waals surface area contributed by atoms with Gasteiger partial charge in [0.15, 0.2) is 26.4 Å². The highest BCUT2D eigenvalue weighted by atomic mass is 79.9. The summed E-state index contributed by atoms with van der Waals surface area (Å²) in [4.78, 5) is 41.2. The molecule has 0 radical (unpaired) electrons. The van der Waals surface area contributed by atoms with Crippen molar-refractivity contribution in [1.82, 2.24) is 20.0 Å². The number of hydrogen-bond donors (Lipinski definition) is 1. The monoisotopic (exact) mass is 756 g/mol. The van der Waals surface area contributed by atoms with Crippen molar-refractivity contribution >= 4 is 64.5 Å². The van der Waals surface area contributed by atoms with E-state index >= 15 is 0 Å². The number of benzene rings is 1. The predicted octanol–water partition coefficient (Wildman–Crippen LogP) is 6.80. The Kier molecular flexibility index (Phi) is 12.3. The van der Waals surface area contributed by atoms with E-state index < -0.39 is 38.1 Å². The van der Waals surface area contributed by atoms with E-state index in [1.165, 1.54) is 0 Å². The average molecular weight is 758 g/mol. The van der Waals surface area contributed by atoms with Crippen LogP contribution in [-0.4, -0.2) is 91.4 Å². The Morgan fingerprint density at radius 1 is 1.15 bits per heavy atom. The normalized spacial score (nSPS) is 20.3. The summed E-state index contributed by atoms with van der Waals surface area (Å²) < 4.78 is 26.8. The molecule has 262 valence electrons. The third-order valence-corrected chi connectivity index (χ3v) is 14.7. The van der Waals surface area contributed by atoms with Crippen LogP contribution in [0.5, 0.6) is 0 Å². The predicted molar refractivity (Wildman–Crippen MR) is 187 cm³/mol. The van der Waals surface area contributed by atoms with Crippen LogP contribution in [0.3, 0.4) is 0 Å². The van der Waals surface area contributed by atoms with Crippen molar-refractivity contribution < 1.29 is 33.0 Å². The van der Waals surface area contributed by atoms with Crippen molar-refractivity contribution in [2.75, 3.05) is 32.8 Å². The summed E-state index contributed by atoms with van der Waals surface area (Å²) in [5, 5.41) is 8.61. The van der Waals surface area contributed by atoms with E-state index in [1.807, 2.05) is 31.5 Å². The molecule has 0 aliphatic carbocycles. The van der Waals surface area contributed by atoms with E-state index in [9.17, 15) is 14.4 Å². The lowest BCUT2D eigenvalue weighted by molar-refractivity contribution is -0.143. The molecule has 11 nitrogen and oxygen atoms in total. The maximum atomic E-state index is 13.7. The van der Waals surface area contributed by atoms with Crippen LogP contribution in [0, 0.1) is 0 Å². The van der Waals surface area contributed by atoms with E-state index in [1.54, 1.807) is 11.1 Å². The summed E-state index contributed by atoms with van der Waals surface area (Å²) in [6, 6.07) is 1.88. The van der Waals surface area contributed by atoms with Gasteiger partial charge in [-0.15, -0.1) is 0 Å². The average Bonchev–Trinajstić information content (AvgIpc) is 3.41. The molecule has 1 N–H and O–H groups in total. The van der Waals surface area contributed by atoms with E-state index in [0.29, 0.717) is 24.6 Å². The van der Waals surface area contributed by atoms with Crippen LogP contribution >= 0.6 is 27.5 Å². The molecule has 1 aromatic heterocycles. The Labute approximate surface area is 292 Å². The van der Waals surface area contributed by atoms with Crippen LogP contribution in [0.25, 0.3) is 10.9 Å². The van der Waals surface area contributed by atoms with Gasteiger partial charge in [-0.2, -0.15) is 5.10 Å². The van der Waals surface area contributed by atoms with Crippen molar-refractivity contribution in [3.63, 3.8) is 0 Å². The van der Waals surface area contributed by atoms with E-state index in [-0.39, 0.29) is 43.2 Å². The quantitative estimate of drug-likeness (QED) is 0.263. The van der Waals surface area contributed by atoms with Crippen molar-refractivity contribution in [2.45, 2.75) is 116 Å². The Balaban J connectivity index is 1.42. The third kappa shape index (κ3) is 9.57. The number of amides is 2. The number of nitrogens with one attached hydrogen (secondary N) is 1. The molecule has 1 aromatic carbocycles. The zero-order valence-electron chi connectivity index (χ0n) is 28.9. The Morgan fingerprint density at radius 2 is 1.87 bits per heavy atom. The molecule has 2 amide bonds. The van der Waals surface area contributed by atoms with E-state index in [0.717, 1.165) is 40.2 Å². The lowest BCUT2D eigenvalue weighted by Gasteiger charge is -2.43. The zero-order valence-corrected chi connectivity index (χ0v) is 32.3. The van der Waals surface area contributed by atoms with Gasteiger partial charge in [-0.25, -0.2) is 9.48 Å². The Morgan fingerprint density at radius 3 is 2.51 bits per heavy atom. The molecule has 3 atom stereocenters. The number of fused-ring (bicyclic) bond motifs is 1. The highest BCUT2D eigenvalue weighted by Crippen LogP contribution is 2.39. The third-order valence-electron chi connectivity index (χ3n) is 9.00. The van der Waals surface area contributed by atoms with Crippen LogP contribution in [0.1, 0.15) is 79.0 Å². The number of carbonyl (C=O) groups is 3. The van der Waals surface area contributed by atoms with Gasteiger partial charge >= 0.3 is 6.09 Å². The molecule has 2 aromatic rings. The number of ether oxygens (including phenoxy) is 3. The number of halogens is 2. The summed E-state index contributed by atoms with van der Waals surface area (Å²) in [6.45, 7) is 17.0. The largest absolute Gasteiger partial charge is 0.444 e. The smallest absolute Gasteiger partial charge is 0.410 e. The van der Waals surface area contributed by atoms with Crippen LogP contribution in [0.2, 0.25) is 23.2 Å². The maximum Gasteiger partial charge on any atom is 0.410 e. The van der Waals surface area contributed by atoms with E-state index in [2.05, 4.69) is 60.2 Å². The molecule has 2 saturated heterocycles. The number of carbonyl (C=O) groups excluding carboxylic acids is 3. The van der Waals surface area contributed by atoms with Crippen LogP contribution in [-0.2, 0) is 34.6 Å². The summed E-state index contributed by atoms with van der Waals surface area (Å²) >= 11 is 10.4. The summed E-state index contributed by atoms with van der Waals surface area (Å²) in [5.74, 6) is -0.601. The van der Waals surface area contributed by atoms with Gasteiger partial charge in [-0.1, -0.05) is 32.4 Å². The summed E-state index contributed by atoms with van der Waals surface area (Å²) in [6.07, 6.45) is 3.05. The van der Waals surface area contributed by atoms with Crippen LogP contribution in [0.15, 0.2) is 16.7 Å². The molecule has 47 heavy (non-hydrogen) atoms. The number of morpholine rings is 1. The topological polar surface area (TPSA) is 121 Å². The number of hydrogen-bond acceptors (Lipinski definition) is 8. The first-order chi connectivity index (χ1) is 21.9. The highest BCUT2D eigenvalue weighted by Gasteiger charge is 2.45. The lowest BCUT2D eigenvalue weighted by atomic mass is 10.0. The Bertz CT molecular complexity index is 1450. The Hall–Kier alpha value is -2.03. The number of aromatic nitrogens is 2. The molecule has 0 saturated carbocycles. The molecular formula is C33H50BrClN4O7Si. The first-order valence-electron chi connectivity index (χ1n) is 16.4. The summed E-state index contributed by atoms with van der Waals surface area (Å²) in [5.41, 5.74) is 1.02. The van der Waals surface area contributed by atoms with Crippen molar-refractivity contribution in [3.8, 4) is 0 Å². The minimum Gasteiger partial charge on any atom is -0.444 e. The van der Waals surface area contributed by atoms with Gasteiger partial charge in [-0.05, 0) is 92.1 Å².